The maximum Gasteiger partial charge on any atom is 0.437 e. The number of rotatable bonds is 3. The number of carbonyl (C=O) groups is 1. The van der Waals surface area contributed by atoms with E-state index < -0.39 is 35.7 Å². The van der Waals surface area contributed by atoms with Crippen molar-refractivity contribution in [2.24, 2.45) is 0 Å². The van der Waals surface area contributed by atoms with Gasteiger partial charge >= 0.3 is 12.7 Å². The molecule has 0 radical (unpaired) electrons. The second-order valence-corrected chi connectivity index (χ2v) is 3.96. The number of H-pyrrole nitrogens is 1. The molecule has 21 heavy (non-hydrogen) atoms. The van der Waals surface area contributed by atoms with Gasteiger partial charge in [0.1, 0.15) is 5.69 Å². The van der Waals surface area contributed by atoms with Crippen LogP contribution in [-0.4, -0.2) is 25.9 Å². The Kier molecular flexibility index (Phi) is 3.66. The number of aromatic amines is 1. The zero-order valence-corrected chi connectivity index (χ0v) is 10.4. The van der Waals surface area contributed by atoms with E-state index in [4.69, 9.17) is 0 Å². The minimum atomic E-state index is -4.80. The third kappa shape index (κ3) is 2.85. The molecule has 0 atom stereocenters. The Morgan fingerprint density at radius 1 is 1.43 bits per heavy atom. The average molecular weight is 309 g/mol. The number of halogens is 5. The van der Waals surface area contributed by atoms with Gasteiger partial charge in [0.25, 0.3) is 5.91 Å². The van der Waals surface area contributed by atoms with Crippen LogP contribution in [0.4, 0.5) is 27.6 Å². The van der Waals surface area contributed by atoms with E-state index in [-0.39, 0.29) is 10.4 Å². The lowest BCUT2D eigenvalue weighted by atomic mass is 10.2. The number of nitrogens with zero attached hydrogens (tertiary/aromatic N) is 3. The van der Waals surface area contributed by atoms with Crippen molar-refractivity contribution < 1.29 is 26.7 Å². The van der Waals surface area contributed by atoms with Crippen LogP contribution in [0.2, 0.25) is 0 Å². The van der Waals surface area contributed by atoms with Crippen LogP contribution in [0.15, 0.2) is 12.3 Å². The minimum absolute atomic E-state index is 0.0567. The standard InChI is InChI=1S/C10H8F5N5O/c1-4-6(7(19-18-4)10(13,14)15)17-8(21)5-2-3-16-20(5)9(11)12/h2-3,9H,1H3,(H,17,21)(H,18,19). The van der Waals surface area contributed by atoms with Gasteiger partial charge < -0.3 is 5.32 Å². The van der Waals surface area contributed by atoms with Crippen LogP contribution in [-0.2, 0) is 6.18 Å². The number of nitrogens with one attached hydrogen (secondary N) is 2. The second-order valence-electron chi connectivity index (χ2n) is 3.96. The first-order chi connectivity index (χ1) is 9.71. The molecule has 2 heterocycles. The summed E-state index contributed by atoms with van der Waals surface area (Å²) < 4.78 is 63.3. The normalized spacial score (nSPS) is 12.0. The highest BCUT2D eigenvalue weighted by Gasteiger charge is 2.38. The summed E-state index contributed by atoms with van der Waals surface area (Å²) in [4.78, 5) is 11.8. The molecule has 0 fully saturated rings. The smallest absolute Gasteiger partial charge is 0.317 e. The van der Waals surface area contributed by atoms with Crippen molar-refractivity contribution in [3.8, 4) is 0 Å². The maximum atomic E-state index is 12.7. The van der Waals surface area contributed by atoms with Crippen LogP contribution in [0.25, 0.3) is 0 Å². The number of aryl methyl sites for hydroxylation is 1. The number of alkyl halides is 5. The van der Waals surface area contributed by atoms with E-state index in [1.807, 2.05) is 5.32 Å². The Balaban J connectivity index is 2.33. The maximum absolute atomic E-state index is 12.7. The predicted octanol–water partition coefficient (Wildman–Crippen LogP) is 2.58. The summed E-state index contributed by atoms with van der Waals surface area (Å²) in [5.74, 6) is -1.15. The van der Waals surface area contributed by atoms with Gasteiger partial charge in [-0.2, -0.15) is 36.8 Å². The first-order valence-electron chi connectivity index (χ1n) is 5.47. The molecule has 1 amide bonds. The predicted molar refractivity (Wildman–Crippen MR) is 59.8 cm³/mol. The molecule has 11 heteroatoms. The van der Waals surface area contributed by atoms with Crippen molar-refractivity contribution >= 4 is 11.6 Å². The highest BCUT2D eigenvalue weighted by Crippen LogP contribution is 2.34. The number of hydrogen-bond acceptors (Lipinski definition) is 3. The molecular weight excluding hydrogens is 301 g/mol. The van der Waals surface area contributed by atoms with E-state index in [9.17, 15) is 26.7 Å². The molecule has 0 aliphatic rings. The van der Waals surface area contributed by atoms with Gasteiger partial charge in [0.05, 0.1) is 11.4 Å². The molecule has 2 aromatic heterocycles. The molecule has 0 unspecified atom stereocenters. The van der Waals surface area contributed by atoms with Crippen LogP contribution in [0, 0.1) is 6.92 Å². The van der Waals surface area contributed by atoms with Crippen molar-refractivity contribution in [3.63, 3.8) is 0 Å². The molecule has 0 spiro atoms. The Labute approximate surface area is 113 Å². The van der Waals surface area contributed by atoms with Gasteiger partial charge in [0.15, 0.2) is 5.69 Å². The fourth-order valence-electron chi connectivity index (χ4n) is 1.61. The highest BCUT2D eigenvalue weighted by atomic mass is 19.4. The van der Waals surface area contributed by atoms with E-state index in [0.717, 1.165) is 12.3 Å². The van der Waals surface area contributed by atoms with Gasteiger partial charge in [-0.05, 0) is 13.0 Å². The third-order valence-corrected chi connectivity index (χ3v) is 2.54. The quantitative estimate of drug-likeness (QED) is 0.856. The van der Waals surface area contributed by atoms with Crippen molar-refractivity contribution in [1.29, 1.82) is 0 Å². The largest absolute Gasteiger partial charge is 0.437 e. The number of amides is 1. The van der Waals surface area contributed by atoms with Crippen LogP contribution in [0.5, 0.6) is 0 Å². The van der Waals surface area contributed by atoms with Gasteiger partial charge in [-0.1, -0.05) is 0 Å². The summed E-state index contributed by atoms with van der Waals surface area (Å²) in [6, 6.07) is 0.962. The minimum Gasteiger partial charge on any atom is -0.317 e. The van der Waals surface area contributed by atoms with Crippen LogP contribution >= 0.6 is 0 Å². The molecule has 114 valence electrons. The number of carbonyl (C=O) groups excluding carboxylic acids is 1. The van der Waals surface area contributed by atoms with Gasteiger partial charge in [0.2, 0.25) is 0 Å². The van der Waals surface area contributed by atoms with Gasteiger partial charge in [0, 0.05) is 6.20 Å². The first-order valence-corrected chi connectivity index (χ1v) is 5.47. The van der Waals surface area contributed by atoms with Crippen molar-refractivity contribution in [2.75, 3.05) is 5.32 Å². The van der Waals surface area contributed by atoms with Crippen LogP contribution in [0.3, 0.4) is 0 Å². The Morgan fingerprint density at radius 3 is 2.67 bits per heavy atom. The molecule has 0 saturated carbocycles. The van der Waals surface area contributed by atoms with E-state index in [2.05, 4.69) is 15.3 Å². The van der Waals surface area contributed by atoms with Crippen molar-refractivity contribution in [1.82, 2.24) is 20.0 Å². The van der Waals surface area contributed by atoms with Gasteiger partial charge in [-0.15, -0.1) is 0 Å². The van der Waals surface area contributed by atoms with E-state index in [0.29, 0.717) is 0 Å². The van der Waals surface area contributed by atoms with Crippen LogP contribution in [0.1, 0.15) is 28.4 Å². The van der Waals surface area contributed by atoms with E-state index in [1.165, 1.54) is 6.92 Å². The SMILES string of the molecule is Cc1[nH]nc(C(F)(F)F)c1NC(=O)c1ccnn1C(F)F. The molecule has 0 saturated heterocycles. The summed E-state index contributed by atoms with van der Waals surface area (Å²) in [7, 11) is 0. The van der Waals surface area contributed by atoms with E-state index in [1.54, 1.807) is 0 Å². The van der Waals surface area contributed by atoms with Gasteiger partial charge in [-0.25, -0.2) is 0 Å². The summed E-state index contributed by atoms with van der Waals surface area (Å²) in [5.41, 5.74) is -2.58. The molecule has 0 aromatic carbocycles. The molecular formula is C10H8F5N5O. The van der Waals surface area contributed by atoms with E-state index >= 15 is 0 Å². The molecule has 0 aliphatic heterocycles. The molecule has 2 rings (SSSR count). The Hall–Kier alpha value is -2.46. The Bertz CT molecular complexity index is 659. The zero-order chi connectivity index (χ0) is 15.8. The fraction of sp³-hybridized carbons (Fsp3) is 0.300. The number of aromatic nitrogens is 4. The molecule has 2 aromatic rings. The van der Waals surface area contributed by atoms with Crippen molar-refractivity contribution in [2.45, 2.75) is 19.6 Å². The molecule has 2 N–H and O–H groups in total. The first kappa shape index (κ1) is 14.9. The summed E-state index contributed by atoms with van der Waals surface area (Å²) in [6.07, 6.45) is -3.86. The lowest BCUT2D eigenvalue weighted by molar-refractivity contribution is -0.140. The summed E-state index contributed by atoms with van der Waals surface area (Å²) >= 11 is 0. The lowest BCUT2D eigenvalue weighted by Crippen LogP contribution is -2.20. The second kappa shape index (κ2) is 5.14. The molecule has 0 aliphatic carbocycles. The van der Waals surface area contributed by atoms with Gasteiger partial charge in [-0.3, -0.25) is 9.89 Å². The fourth-order valence-corrected chi connectivity index (χ4v) is 1.61. The summed E-state index contributed by atoms with van der Waals surface area (Å²) in [5, 5.41) is 10.3. The van der Waals surface area contributed by atoms with Crippen molar-refractivity contribution in [3.05, 3.63) is 29.3 Å². The monoisotopic (exact) mass is 309 g/mol. The number of anilines is 1. The molecule has 6 nitrogen and oxygen atoms in total. The summed E-state index contributed by atoms with van der Waals surface area (Å²) in [6.45, 7) is -1.84. The zero-order valence-electron chi connectivity index (χ0n) is 10.4. The average Bonchev–Trinajstić information content (AvgIpc) is 2.96. The third-order valence-electron chi connectivity index (χ3n) is 2.54. The topological polar surface area (TPSA) is 75.6 Å². The number of hydrogen-bond donors (Lipinski definition) is 2. The van der Waals surface area contributed by atoms with Crippen LogP contribution < -0.4 is 5.32 Å². The lowest BCUT2D eigenvalue weighted by Gasteiger charge is -2.10. The Morgan fingerprint density at radius 2 is 2.10 bits per heavy atom. The highest BCUT2D eigenvalue weighted by molar-refractivity contribution is 6.03. The molecule has 0 bridgehead atoms.